The van der Waals surface area contributed by atoms with Crippen molar-refractivity contribution in [2.75, 3.05) is 34.8 Å². The lowest BCUT2D eigenvalue weighted by Crippen LogP contribution is -2.48. The largest absolute Gasteiger partial charge is 0.366 e. The van der Waals surface area contributed by atoms with Gasteiger partial charge in [-0.1, -0.05) is 62.3 Å². The van der Waals surface area contributed by atoms with Gasteiger partial charge < -0.3 is 20.5 Å². The Balaban J connectivity index is 0.943. The van der Waals surface area contributed by atoms with Crippen LogP contribution in [-0.4, -0.2) is 104 Å². The van der Waals surface area contributed by atoms with Gasteiger partial charge in [-0.3, -0.25) is 4.98 Å². The Labute approximate surface area is 430 Å². The first-order chi connectivity index (χ1) is 34.1. The molecule has 3 aromatic heterocycles. The summed E-state index contributed by atoms with van der Waals surface area (Å²) < 4.78 is 0. The molecule has 0 bridgehead atoms. The standard InChI is InChI=1S/C55H75N17O/c1-19-69-38-21-28(3)36(23-34(38)30(5)25-54(69,15)16)58-41-43(52(9,10)11)65-71-48(41)60-45(67-71)32(7)27-57-50-62-47(63-51(73)64-50)40(56)33(8)46-61-49-42(44(53(12,13)14)66-72(49)68-46)59-37-24-35-31(6)26-55(17,18)70(20-2)39(35)22-29(37)4/h21-24,30-33,56H,19-20,25-27H2,1-18H3,(H2,57,62,63,64,73). The fraction of sp³-hybridized carbons (Fsp3) is 0.564. The quantitative estimate of drug-likeness (QED) is 0.107. The Morgan fingerprint density at radius 1 is 0.740 bits per heavy atom. The molecule has 4 unspecified atom stereocenters. The summed E-state index contributed by atoms with van der Waals surface area (Å²) in [4.78, 5) is 53.1. The number of nitrogens with one attached hydrogen (secondary N) is 3. The highest BCUT2D eigenvalue weighted by Crippen LogP contribution is 2.47. The minimum atomic E-state index is -0.669. The van der Waals surface area contributed by atoms with E-state index in [4.69, 9.17) is 40.4 Å². The topological polar surface area (TPSA) is 212 Å². The van der Waals surface area contributed by atoms with E-state index in [1.165, 1.54) is 27.3 Å². The van der Waals surface area contributed by atoms with Gasteiger partial charge in [-0.05, 0) is 134 Å². The van der Waals surface area contributed by atoms with Gasteiger partial charge in [0.25, 0.3) is 0 Å². The maximum atomic E-state index is 13.1. The minimum Gasteiger partial charge on any atom is -0.366 e. The van der Waals surface area contributed by atoms with Crippen molar-refractivity contribution in [1.29, 1.82) is 5.41 Å². The molecule has 0 saturated carbocycles. The van der Waals surface area contributed by atoms with Crippen molar-refractivity contribution in [2.24, 2.45) is 31.0 Å². The summed E-state index contributed by atoms with van der Waals surface area (Å²) in [5.41, 5.74) is 10.8. The fourth-order valence-electron chi connectivity index (χ4n) is 11.4. The molecule has 0 aliphatic carbocycles. The van der Waals surface area contributed by atoms with Crippen LogP contribution in [0, 0.1) is 30.1 Å². The monoisotopic (exact) mass is 990 g/mol. The number of aromatic amines is 1. The lowest BCUT2D eigenvalue weighted by molar-refractivity contribution is 0.381. The first kappa shape index (κ1) is 51.2. The molecule has 18 nitrogen and oxygen atoms in total. The molecule has 3 N–H and O–H groups in total. The van der Waals surface area contributed by atoms with Gasteiger partial charge in [-0.25, -0.2) is 24.7 Å². The molecule has 4 aliphatic heterocycles. The van der Waals surface area contributed by atoms with Crippen LogP contribution in [0.2, 0.25) is 0 Å². The van der Waals surface area contributed by atoms with Crippen molar-refractivity contribution in [3.8, 4) is 0 Å². The highest BCUT2D eigenvalue weighted by molar-refractivity contribution is 6.51. The molecule has 0 radical (unpaired) electrons. The summed E-state index contributed by atoms with van der Waals surface area (Å²) in [6.07, 6.45) is 2.10. The number of benzene rings is 2. The number of fused-ring (bicyclic) bond motifs is 4. The number of H-pyrrole nitrogens is 1. The summed E-state index contributed by atoms with van der Waals surface area (Å²) in [6, 6.07) is 9.04. The first-order valence-electron chi connectivity index (χ1n) is 26.1. The number of anilines is 3. The third kappa shape index (κ3) is 9.23. The van der Waals surface area contributed by atoms with E-state index in [0.29, 0.717) is 53.1 Å². The predicted molar refractivity (Wildman–Crippen MR) is 294 cm³/mol. The molecule has 2 aromatic carbocycles. The van der Waals surface area contributed by atoms with Crippen LogP contribution in [0.15, 0.2) is 49.2 Å². The van der Waals surface area contributed by atoms with E-state index in [0.717, 1.165) is 59.9 Å². The van der Waals surface area contributed by atoms with E-state index in [1.54, 1.807) is 4.79 Å². The van der Waals surface area contributed by atoms with Gasteiger partial charge in [0.15, 0.2) is 17.5 Å². The molecule has 0 saturated heterocycles. The summed E-state index contributed by atoms with van der Waals surface area (Å²) in [5.74, 6) is 1.94. The Morgan fingerprint density at radius 3 is 1.64 bits per heavy atom. The predicted octanol–water partition coefficient (Wildman–Crippen LogP) is 10.3. The van der Waals surface area contributed by atoms with Gasteiger partial charge in [0.1, 0.15) is 11.4 Å². The summed E-state index contributed by atoms with van der Waals surface area (Å²) >= 11 is 0. The molecule has 0 fully saturated rings. The normalized spacial score (nSPS) is 20.9. The highest BCUT2D eigenvalue weighted by atomic mass is 16.1. The minimum absolute atomic E-state index is 0.0166. The highest BCUT2D eigenvalue weighted by Gasteiger charge is 2.41. The third-order valence-corrected chi connectivity index (χ3v) is 15.1. The van der Waals surface area contributed by atoms with E-state index in [9.17, 15) is 10.2 Å². The zero-order valence-electron chi connectivity index (χ0n) is 46.3. The van der Waals surface area contributed by atoms with Crippen LogP contribution in [0.1, 0.15) is 199 Å². The SMILES string of the molecule is CCN1c2cc(C)c(N=C3C(C(C)(C)C)=Nn4nc(C(C)CNc5nc(C(=N)C(C)c6nc7n(n6)N=C(C(C)(C)C)C7=Nc6cc7c(cc6C)N(CC)C(C)(C)CC7C)[nH]c(=O)n5)nc43)cc2C(C)CC1(C)C. The maximum Gasteiger partial charge on any atom is 0.349 e. The zero-order chi connectivity index (χ0) is 53.0. The number of rotatable bonds is 11. The lowest BCUT2D eigenvalue weighted by atomic mass is 9.79. The zero-order valence-corrected chi connectivity index (χ0v) is 46.3. The molecule has 18 heteroatoms. The average Bonchev–Trinajstić information content (AvgIpc) is 4.06. The lowest BCUT2D eigenvalue weighted by Gasteiger charge is -2.47. The molecular weight excluding hydrogens is 915 g/mol. The average molecular weight is 990 g/mol. The second-order valence-corrected chi connectivity index (χ2v) is 24.1. The smallest absolute Gasteiger partial charge is 0.349 e. The van der Waals surface area contributed by atoms with Gasteiger partial charge in [-0.15, -0.1) is 19.8 Å². The van der Waals surface area contributed by atoms with Crippen molar-refractivity contribution >= 4 is 57.3 Å². The van der Waals surface area contributed by atoms with Gasteiger partial charge in [0.2, 0.25) is 17.6 Å². The number of nitrogens with zero attached hydrogens (tertiary/aromatic N) is 14. The van der Waals surface area contributed by atoms with Crippen LogP contribution in [0.4, 0.5) is 28.7 Å². The number of hydrogen-bond acceptors (Lipinski definition) is 15. The van der Waals surface area contributed by atoms with Crippen LogP contribution in [0.5, 0.6) is 0 Å². The van der Waals surface area contributed by atoms with Crippen molar-refractivity contribution in [2.45, 2.75) is 172 Å². The van der Waals surface area contributed by atoms with Crippen LogP contribution in [0.3, 0.4) is 0 Å². The summed E-state index contributed by atoms with van der Waals surface area (Å²) in [5, 5.41) is 31.9. The van der Waals surface area contributed by atoms with Gasteiger partial charge in [-0.2, -0.15) is 20.2 Å². The van der Waals surface area contributed by atoms with Crippen molar-refractivity contribution in [3.05, 3.63) is 86.1 Å². The molecule has 9 rings (SSSR count). The molecule has 4 aliphatic rings. The van der Waals surface area contributed by atoms with Crippen LogP contribution < -0.4 is 20.8 Å². The van der Waals surface area contributed by atoms with Crippen molar-refractivity contribution < 1.29 is 0 Å². The van der Waals surface area contributed by atoms with Crippen LogP contribution in [-0.2, 0) is 0 Å². The Hall–Kier alpha value is -6.72. The van der Waals surface area contributed by atoms with E-state index in [1.807, 2.05) is 13.8 Å². The Morgan fingerprint density at radius 2 is 1.19 bits per heavy atom. The number of hydrogen-bond donors (Lipinski definition) is 3. The van der Waals surface area contributed by atoms with E-state index < -0.39 is 11.6 Å². The van der Waals surface area contributed by atoms with Crippen LogP contribution >= 0.6 is 0 Å². The molecular formula is C55H75N17O. The van der Waals surface area contributed by atoms with E-state index in [2.05, 4.69) is 165 Å². The van der Waals surface area contributed by atoms with Crippen molar-refractivity contribution in [3.63, 3.8) is 0 Å². The molecule has 73 heavy (non-hydrogen) atoms. The van der Waals surface area contributed by atoms with Crippen molar-refractivity contribution in [1.82, 2.24) is 44.7 Å². The van der Waals surface area contributed by atoms with Gasteiger partial charge >= 0.3 is 5.69 Å². The van der Waals surface area contributed by atoms with Crippen LogP contribution in [0.25, 0.3) is 0 Å². The third-order valence-electron chi connectivity index (χ3n) is 15.1. The number of aromatic nitrogens is 9. The Kier molecular flexibility index (Phi) is 12.7. The second kappa shape index (κ2) is 18.0. The first-order valence-corrected chi connectivity index (χ1v) is 26.1. The Bertz CT molecular complexity index is 3240. The molecule has 4 atom stereocenters. The fourth-order valence-corrected chi connectivity index (χ4v) is 11.4. The molecule has 0 amide bonds. The number of aryl methyl sites for hydroxylation is 2. The maximum absolute atomic E-state index is 13.1. The molecule has 7 heterocycles. The van der Waals surface area contributed by atoms with Gasteiger partial charge in [0, 0.05) is 58.8 Å². The number of aliphatic imine (C=N–C) groups is 2. The second-order valence-electron chi connectivity index (χ2n) is 24.1. The van der Waals surface area contributed by atoms with E-state index in [-0.39, 0.29) is 45.3 Å². The van der Waals surface area contributed by atoms with E-state index >= 15 is 0 Å². The summed E-state index contributed by atoms with van der Waals surface area (Å²) in [6.45, 7) is 41.2. The van der Waals surface area contributed by atoms with Gasteiger partial charge in [0.05, 0.1) is 34.4 Å². The summed E-state index contributed by atoms with van der Waals surface area (Å²) in [7, 11) is 0. The molecule has 386 valence electrons. The molecule has 0 spiro atoms. The molecule has 5 aromatic rings.